The van der Waals surface area contributed by atoms with Gasteiger partial charge in [-0.3, -0.25) is 14.4 Å². The highest BCUT2D eigenvalue weighted by atomic mass is 16.6. The van der Waals surface area contributed by atoms with E-state index in [0.29, 0.717) is 19.3 Å². The maximum Gasteiger partial charge on any atom is 0.319 e. The molecule has 0 bridgehead atoms. The number of esters is 2. The van der Waals surface area contributed by atoms with Crippen molar-refractivity contribution < 1.29 is 23.9 Å². The summed E-state index contributed by atoms with van der Waals surface area (Å²) in [5.74, 6) is -1.39. The van der Waals surface area contributed by atoms with E-state index in [9.17, 15) is 14.4 Å². The van der Waals surface area contributed by atoms with Gasteiger partial charge in [-0.25, -0.2) is 0 Å². The fourth-order valence-corrected chi connectivity index (χ4v) is 2.22. The maximum absolute atomic E-state index is 11.9. The van der Waals surface area contributed by atoms with Crippen molar-refractivity contribution in [3.63, 3.8) is 0 Å². The molecule has 0 radical (unpaired) electrons. The van der Waals surface area contributed by atoms with E-state index in [1.807, 2.05) is 0 Å². The lowest BCUT2D eigenvalue weighted by Crippen LogP contribution is -2.40. The molecule has 5 heteroatoms. The van der Waals surface area contributed by atoms with Crippen LogP contribution < -0.4 is 0 Å². The summed E-state index contributed by atoms with van der Waals surface area (Å²) in [5, 5.41) is 0. The largest absolute Gasteiger partial charge is 0.468 e. The quantitative estimate of drug-likeness (QED) is 0.567. The van der Waals surface area contributed by atoms with Gasteiger partial charge in [0.15, 0.2) is 5.78 Å². The van der Waals surface area contributed by atoms with Crippen molar-refractivity contribution in [1.82, 2.24) is 0 Å². The number of ether oxygens (including phenoxy) is 2. The smallest absolute Gasteiger partial charge is 0.319 e. The Balaban J connectivity index is 2.84. The van der Waals surface area contributed by atoms with Crippen LogP contribution in [-0.2, 0) is 23.9 Å². The molecule has 0 N–H and O–H groups in total. The monoisotopic (exact) mass is 256 g/mol. The van der Waals surface area contributed by atoms with E-state index in [-0.39, 0.29) is 12.2 Å². The average molecular weight is 256 g/mol. The zero-order chi connectivity index (χ0) is 14.0. The van der Waals surface area contributed by atoms with Gasteiger partial charge < -0.3 is 9.47 Å². The first-order valence-corrected chi connectivity index (χ1v) is 6.05. The molecule has 1 unspecified atom stereocenters. The molecule has 1 fully saturated rings. The molecule has 0 saturated heterocycles. The molecule has 1 atom stereocenters. The van der Waals surface area contributed by atoms with Crippen molar-refractivity contribution in [3.05, 3.63) is 0 Å². The number of ketones is 1. The lowest BCUT2D eigenvalue weighted by Gasteiger charge is -2.26. The molecule has 18 heavy (non-hydrogen) atoms. The zero-order valence-electron chi connectivity index (χ0n) is 11.4. The second kappa shape index (κ2) is 5.08. The molecule has 1 aliphatic rings. The minimum atomic E-state index is -1.32. The topological polar surface area (TPSA) is 69.7 Å². The predicted octanol–water partition coefficient (Wildman–Crippen LogP) is 1.63. The normalized spacial score (nSPS) is 23.9. The Bertz CT molecular complexity index is 366. The molecule has 0 amide bonds. The highest BCUT2D eigenvalue weighted by Gasteiger charge is 2.51. The Morgan fingerprint density at radius 1 is 1.33 bits per heavy atom. The molecule has 1 saturated carbocycles. The van der Waals surface area contributed by atoms with E-state index in [0.717, 1.165) is 0 Å². The lowest BCUT2D eigenvalue weighted by atomic mass is 9.82. The highest BCUT2D eigenvalue weighted by molar-refractivity contribution is 6.07. The maximum atomic E-state index is 11.9. The van der Waals surface area contributed by atoms with E-state index in [1.165, 1.54) is 7.11 Å². The van der Waals surface area contributed by atoms with Crippen LogP contribution in [0.2, 0.25) is 0 Å². The van der Waals surface area contributed by atoms with Crippen LogP contribution in [0.5, 0.6) is 0 Å². The summed E-state index contributed by atoms with van der Waals surface area (Å²) in [6.07, 6.45) is 1.06. The highest BCUT2D eigenvalue weighted by Crippen LogP contribution is 2.39. The second-order valence-electron chi connectivity index (χ2n) is 5.61. The first-order chi connectivity index (χ1) is 8.21. The Morgan fingerprint density at radius 2 is 1.94 bits per heavy atom. The van der Waals surface area contributed by atoms with Gasteiger partial charge in [0.05, 0.1) is 13.5 Å². The third-order valence-electron chi connectivity index (χ3n) is 2.98. The number of methoxy groups -OCH3 is 1. The first-order valence-electron chi connectivity index (χ1n) is 6.05. The van der Waals surface area contributed by atoms with Crippen LogP contribution in [0.25, 0.3) is 0 Å². The fourth-order valence-electron chi connectivity index (χ4n) is 2.22. The van der Waals surface area contributed by atoms with Crippen molar-refractivity contribution in [2.75, 3.05) is 7.11 Å². The van der Waals surface area contributed by atoms with Crippen LogP contribution in [0.15, 0.2) is 0 Å². The summed E-state index contributed by atoms with van der Waals surface area (Å²) < 4.78 is 9.84. The summed E-state index contributed by atoms with van der Waals surface area (Å²) in [6, 6.07) is 0. The van der Waals surface area contributed by atoms with Crippen molar-refractivity contribution >= 4 is 17.7 Å². The third kappa shape index (κ3) is 3.09. The molecule has 0 aromatic heterocycles. The third-order valence-corrected chi connectivity index (χ3v) is 2.98. The SMILES string of the molecule is COC(=O)C1(CC(=O)OC(C)(C)C)CCCC1=O. The van der Waals surface area contributed by atoms with Gasteiger partial charge in [0.25, 0.3) is 0 Å². The number of hydrogen-bond acceptors (Lipinski definition) is 5. The number of carbonyl (C=O) groups excluding carboxylic acids is 3. The van der Waals surface area contributed by atoms with Crippen LogP contribution in [0.1, 0.15) is 46.5 Å². The Hall–Kier alpha value is -1.39. The molecule has 0 aliphatic heterocycles. The van der Waals surface area contributed by atoms with E-state index in [1.54, 1.807) is 20.8 Å². The van der Waals surface area contributed by atoms with Crippen molar-refractivity contribution in [2.24, 2.45) is 5.41 Å². The zero-order valence-corrected chi connectivity index (χ0v) is 11.4. The molecule has 0 spiro atoms. The number of hydrogen-bond donors (Lipinski definition) is 0. The molecular formula is C13H20O5. The first kappa shape index (κ1) is 14.7. The summed E-state index contributed by atoms with van der Waals surface area (Å²) in [5.41, 5.74) is -1.95. The van der Waals surface area contributed by atoms with Crippen LogP contribution in [-0.4, -0.2) is 30.4 Å². The second-order valence-corrected chi connectivity index (χ2v) is 5.61. The molecular weight excluding hydrogens is 236 g/mol. The van der Waals surface area contributed by atoms with Gasteiger partial charge in [-0.1, -0.05) is 0 Å². The van der Waals surface area contributed by atoms with Gasteiger partial charge in [-0.15, -0.1) is 0 Å². The summed E-state index contributed by atoms with van der Waals surface area (Å²) in [7, 11) is 1.23. The average Bonchev–Trinajstić information content (AvgIpc) is 2.57. The van der Waals surface area contributed by atoms with Gasteiger partial charge in [0, 0.05) is 6.42 Å². The van der Waals surface area contributed by atoms with Crippen molar-refractivity contribution in [2.45, 2.75) is 52.1 Å². The number of rotatable bonds is 3. The van der Waals surface area contributed by atoms with E-state index in [2.05, 4.69) is 4.74 Å². The fraction of sp³-hybridized carbons (Fsp3) is 0.769. The van der Waals surface area contributed by atoms with Crippen molar-refractivity contribution in [1.29, 1.82) is 0 Å². The molecule has 5 nitrogen and oxygen atoms in total. The summed E-state index contributed by atoms with van der Waals surface area (Å²) in [6.45, 7) is 5.23. The predicted molar refractivity (Wildman–Crippen MR) is 63.8 cm³/mol. The Morgan fingerprint density at radius 3 is 2.33 bits per heavy atom. The van der Waals surface area contributed by atoms with Gasteiger partial charge in [0.1, 0.15) is 11.0 Å². The van der Waals surface area contributed by atoms with Crippen LogP contribution >= 0.6 is 0 Å². The van der Waals surface area contributed by atoms with E-state index < -0.39 is 23.0 Å². The standard InChI is InChI=1S/C13H20O5/c1-12(2,3)18-10(15)8-13(11(16)17-4)7-5-6-9(13)14/h5-8H2,1-4H3. The lowest BCUT2D eigenvalue weighted by molar-refractivity contribution is -0.168. The Kier molecular flexibility index (Phi) is 4.14. The van der Waals surface area contributed by atoms with Crippen LogP contribution in [0.3, 0.4) is 0 Å². The molecule has 1 aliphatic carbocycles. The summed E-state index contributed by atoms with van der Waals surface area (Å²) in [4.78, 5) is 35.5. The van der Waals surface area contributed by atoms with Gasteiger partial charge >= 0.3 is 11.9 Å². The number of Topliss-reactive ketones (excluding diaryl/α,β-unsaturated/α-hetero) is 1. The van der Waals surface area contributed by atoms with E-state index in [4.69, 9.17) is 4.74 Å². The molecule has 0 aromatic rings. The molecule has 1 rings (SSSR count). The van der Waals surface area contributed by atoms with Gasteiger partial charge in [0.2, 0.25) is 0 Å². The minimum absolute atomic E-state index is 0.222. The summed E-state index contributed by atoms with van der Waals surface area (Å²) >= 11 is 0. The van der Waals surface area contributed by atoms with E-state index >= 15 is 0 Å². The van der Waals surface area contributed by atoms with Crippen molar-refractivity contribution in [3.8, 4) is 0 Å². The molecule has 0 aromatic carbocycles. The number of carbonyl (C=O) groups is 3. The molecule has 0 heterocycles. The van der Waals surface area contributed by atoms with Gasteiger partial charge in [-0.2, -0.15) is 0 Å². The molecule has 102 valence electrons. The minimum Gasteiger partial charge on any atom is -0.468 e. The van der Waals surface area contributed by atoms with Crippen LogP contribution in [0.4, 0.5) is 0 Å². The Labute approximate surface area is 107 Å². The van der Waals surface area contributed by atoms with Gasteiger partial charge in [-0.05, 0) is 33.6 Å². The van der Waals surface area contributed by atoms with Crippen LogP contribution in [0, 0.1) is 5.41 Å².